The van der Waals surface area contributed by atoms with Crippen LogP contribution in [0.2, 0.25) is 0 Å². The molecule has 140 valence electrons. The number of aromatic amines is 1. The smallest absolute Gasteiger partial charge is 0.272 e. The first-order valence-electron chi connectivity index (χ1n) is 9.74. The number of carbonyl (C=O) groups excluding carboxylic acids is 2. The van der Waals surface area contributed by atoms with Crippen LogP contribution in [0.5, 0.6) is 0 Å². The number of aryl methyl sites for hydroxylation is 1. The van der Waals surface area contributed by atoms with E-state index in [1.807, 2.05) is 13.8 Å². The number of nitrogens with one attached hydrogen (secondary N) is 2. The van der Waals surface area contributed by atoms with Crippen LogP contribution in [0.3, 0.4) is 0 Å². The molecule has 2 N–H and O–H groups in total. The Hall–Kier alpha value is -1.89. The van der Waals surface area contributed by atoms with Gasteiger partial charge in [0.15, 0.2) is 5.69 Å². The van der Waals surface area contributed by atoms with Gasteiger partial charge in [0, 0.05) is 23.7 Å². The number of H-pyrrole nitrogens is 1. The summed E-state index contributed by atoms with van der Waals surface area (Å²) >= 11 is 0. The largest absolute Gasteiger partial charge is 0.381 e. The van der Waals surface area contributed by atoms with Crippen LogP contribution >= 0.6 is 0 Å². The Morgan fingerprint density at radius 3 is 2.58 bits per heavy atom. The van der Waals surface area contributed by atoms with Gasteiger partial charge in [-0.15, -0.1) is 0 Å². The molecule has 2 saturated heterocycles. The quantitative estimate of drug-likeness (QED) is 0.849. The molecule has 7 nitrogen and oxygen atoms in total. The normalized spacial score (nSPS) is 33.8. The third kappa shape index (κ3) is 2.12. The van der Waals surface area contributed by atoms with Gasteiger partial charge >= 0.3 is 0 Å². The summed E-state index contributed by atoms with van der Waals surface area (Å²) in [5.41, 5.74) is 2.10. The summed E-state index contributed by atoms with van der Waals surface area (Å²) < 4.78 is 5.44. The van der Waals surface area contributed by atoms with Gasteiger partial charge in [-0.1, -0.05) is 0 Å². The van der Waals surface area contributed by atoms with Crippen LogP contribution in [-0.2, 0) is 9.53 Å². The number of amides is 2. The van der Waals surface area contributed by atoms with E-state index in [1.54, 1.807) is 0 Å². The van der Waals surface area contributed by atoms with Gasteiger partial charge in [-0.2, -0.15) is 5.10 Å². The minimum atomic E-state index is -0.177. The van der Waals surface area contributed by atoms with Crippen molar-refractivity contribution in [2.75, 3.05) is 19.8 Å². The number of carbonyl (C=O) groups is 2. The van der Waals surface area contributed by atoms with Gasteiger partial charge in [-0.05, 0) is 51.4 Å². The second-order valence-electron chi connectivity index (χ2n) is 8.47. The molecule has 7 heteroatoms. The van der Waals surface area contributed by atoms with Crippen molar-refractivity contribution in [2.45, 2.75) is 51.1 Å². The molecule has 1 aromatic rings. The van der Waals surface area contributed by atoms with E-state index in [4.69, 9.17) is 4.74 Å². The summed E-state index contributed by atoms with van der Waals surface area (Å²) in [6, 6.07) is 0.0268. The first-order valence-corrected chi connectivity index (χ1v) is 9.74. The lowest BCUT2D eigenvalue weighted by Gasteiger charge is -2.49. The predicted molar refractivity (Wildman–Crippen MR) is 93.5 cm³/mol. The molecule has 1 spiro atoms. The molecule has 4 aliphatic rings. The number of hydrogen-bond acceptors (Lipinski definition) is 4. The van der Waals surface area contributed by atoms with Crippen molar-refractivity contribution in [1.29, 1.82) is 0 Å². The minimum Gasteiger partial charge on any atom is -0.381 e. The summed E-state index contributed by atoms with van der Waals surface area (Å²) in [5.74, 6) is 1.19. The van der Waals surface area contributed by atoms with E-state index in [1.165, 1.54) is 0 Å². The van der Waals surface area contributed by atoms with Crippen LogP contribution in [0.25, 0.3) is 0 Å². The highest BCUT2D eigenvalue weighted by molar-refractivity contribution is 5.94. The van der Waals surface area contributed by atoms with Gasteiger partial charge in [0.2, 0.25) is 5.91 Å². The van der Waals surface area contributed by atoms with Crippen molar-refractivity contribution in [1.82, 2.24) is 20.4 Å². The summed E-state index contributed by atoms with van der Waals surface area (Å²) in [4.78, 5) is 28.0. The zero-order valence-corrected chi connectivity index (χ0v) is 15.4. The Bertz CT molecular complexity index is 759. The fourth-order valence-electron chi connectivity index (χ4n) is 5.35. The van der Waals surface area contributed by atoms with E-state index in [0.717, 1.165) is 56.7 Å². The average molecular weight is 358 g/mol. The first-order chi connectivity index (χ1) is 12.5. The molecular weight excluding hydrogens is 332 g/mol. The highest BCUT2D eigenvalue weighted by Gasteiger charge is 2.63. The van der Waals surface area contributed by atoms with E-state index in [-0.39, 0.29) is 23.4 Å². The zero-order chi connectivity index (χ0) is 18.1. The van der Waals surface area contributed by atoms with Gasteiger partial charge in [0.1, 0.15) is 0 Å². The van der Waals surface area contributed by atoms with Gasteiger partial charge in [-0.25, -0.2) is 0 Å². The Balaban J connectivity index is 1.32. The molecule has 0 bridgehead atoms. The Labute approximate surface area is 152 Å². The van der Waals surface area contributed by atoms with Crippen molar-refractivity contribution >= 4 is 11.8 Å². The molecule has 4 fully saturated rings. The predicted octanol–water partition coefficient (Wildman–Crippen LogP) is 1.17. The third-order valence-electron chi connectivity index (χ3n) is 7.32. The Kier molecular flexibility index (Phi) is 3.48. The zero-order valence-electron chi connectivity index (χ0n) is 15.4. The van der Waals surface area contributed by atoms with Gasteiger partial charge in [-0.3, -0.25) is 14.7 Å². The molecule has 2 saturated carbocycles. The topological polar surface area (TPSA) is 87.3 Å². The van der Waals surface area contributed by atoms with Gasteiger partial charge < -0.3 is 15.0 Å². The maximum absolute atomic E-state index is 13.1. The fourth-order valence-corrected chi connectivity index (χ4v) is 5.35. The van der Waals surface area contributed by atoms with E-state index in [9.17, 15) is 9.59 Å². The molecule has 3 heterocycles. The molecule has 2 amide bonds. The molecule has 2 aliphatic carbocycles. The molecule has 2 unspecified atom stereocenters. The molecule has 5 rings (SSSR count). The maximum Gasteiger partial charge on any atom is 0.272 e. The monoisotopic (exact) mass is 358 g/mol. The van der Waals surface area contributed by atoms with E-state index in [0.29, 0.717) is 23.4 Å². The highest BCUT2D eigenvalue weighted by Crippen LogP contribution is 2.54. The number of nitrogens with zero attached hydrogens (tertiary/aromatic N) is 2. The molecule has 4 atom stereocenters. The van der Waals surface area contributed by atoms with Crippen LogP contribution in [0.1, 0.15) is 47.4 Å². The van der Waals surface area contributed by atoms with Crippen LogP contribution in [0, 0.1) is 31.6 Å². The van der Waals surface area contributed by atoms with Gasteiger partial charge in [0.25, 0.3) is 5.91 Å². The van der Waals surface area contributed by atoms with Crippen LogP contribution < -0.4 is 5.32 Å². The van der Waals surface area contributed by atoms with Crippen LogP contribution in [0.15, 0.2) is 0 Å². The third-order valence-corrected chi connectivity index (χ3v) is 7.32. The molecule has 2 aliphatic heterocycles. The molecular formula is C19H26N4O3. The Morgan fingerprint density at radius 1 is 1.27 bits per heavy atom. The minimum absolute atomic E-state index is 0.0268. The summed E-state index contributed by atoms with van der Waals surface area (Å²) in [7, 11) is 0. The van der Waals surface area contributed by atoms with E-state index < -0.39 is 0 Å². The lowest BCUT2D eigenvalue weighted by atomic mass is 9.71. The summed E-state index contributed by atoms with van der Waals surface area (Å²) in [5, 5.41) is 10.2. The molecule has 26 heavy (non-hydrogen) atoms. The second-order valence-corrected chi connectivity index (χ2v) is 8.47. The first kappa shape index (κ1) is 16.3. The van der Waals surface area contributed by atoms with Crippen molar-refractivity contribution in [3.05, 3.63) is 17.0 Å². The van der Waals surface area contributed by atoms with Crippen molar-refractivity contribution in [3.8, 4) is 0 Å². The van der Waals surface area contributed by atoms with Crippen molar-refractivity contribution < 1.29 is 14.3 Å². The highest BCUT2D eigenvalue weighted by atomic mass is 16.5. The maximum atomic E-state index is 13.1. The number of aromatic nitrogens is 2. The van der Waals surface area contributed by atoms with Crippen LogP contribution in [0.4, 0.5) is 0 Å². The lowest BCUT2D eigenvalue weighted by Crippen LogP contribution is -2.62. The number of rotatable bonds is 3. The molecule has 0 aromatic carbocycles. The lowest BCUT2D eigenvalue weighted by molar-refractivity contribution is -0.142. The number of fused-ring (bicyclic) bond motifs is 1. The number of hydrogen-bond donors (Lipinski definition) is 2. The van der Waals surface area contributed by atoms with E-state index >= 15 is 0 Å². The molecule has 1 aromatic heterocycles. The molecule has 0 radical (unpaired) electrons. The van der Waals surface area contributed by atoms with Crippen molar-refractivity contribution in [2.24, 2.45) is 17.8 Å². The SMILES string of the molecule is Cc1[nH]nc(C(=O)NC2CCN(C(=O)C3[C@H]4COC[C@@H]34)C23CCC3)c1C. The Morgan fingerprint density at radius 2 is 2.00 bits per heavy atom. The average Bonchev–Trinajstić information content (AvgIpc) is 2.96. The fraction of sp³-hybridized carbons (Fsp3) is 0.737. The standard InChI is InChI=1S/C19H26N4O3/c1-10-11(2)21-22-16(10)17(24)20-14-4-7-23(19(14)5-3-6-19)18(25)15-12-8-26-9-13(12)15/h12-15H,3-9H2,1-2H3,(H,20,24)(H,21,22)/t12-,13+,14?,15?. The summed E-state index contributed by atoms with van der Waals surface area (Å²) in [6.45, 7) is 6.04. The second kappa shape index (κ2) is 5.55. The van der Waals surface area contributed by atoms with E-state index in [2.05, 4.69) is 20.4 Å². The van der Waals surface area contributed by atoms with Gasteiger partial charge in [0.05, 0.1) is 24.8 Å². The number of ether oxygens (including phenoxy) is 1. The van der Waals surface area contributed by atoms with Crippen molar-refractivity contribution in [3.63, 3.8) is 0 Å². The van der Waals surface area contributed by atoms with Crippen LogP contribution in [-0.4, -0.2) is 58.3 Å². The summed E-state index contributed by atoms with van der Waals surface area (Å²) in [6.07, 6.45) is 3.93. The number of likely N-dealkylation sites (tertiary alicyclic amines) is 1.